The van der Waals surface area contributed by atoms with E-state index in [2.05, 4.69) is 6.92 Å². The van der Waals surface area contributed by atoms with Crippen LogP contribution in [0.3, 0.4) is 0 Å². The summed E-state index contributed by atoms with van der Waals surface area (Å²) < 4.78 is 26.1. The second-order valence-corrected chi connectivity index (χ2v) is 3.89. The molecule has 0 saturated heterocycles. The highest BCUT2D eigenvalue weighted by molar-refractivity contribution is 5.49. The zero-order valence-electron chi connectivity index (χ0n) is 9.68. The van der Waals surface area contributed by atoms with Gasteiger partial charge in [0.1, 0.15) is 0 Å². The molecule has 1 rings (SSSR count). The molecule has 0 amide bonds. The topological polar surface area (TPSA) is 0 Å². The molecule has 16 heavy (non-hydrogen) atoms. The summed E-state index contributed by atoms with van der Waals surface area (Å²) in [5.74, 6) is -1.54. The van der Waals surface area contributed by atoms with Crippen molar-refractivity contribution in [2.45, 2.75) is 39.0 Å². The van der Waals surface area contributed by atoms with Crippen molar-refractivity contribution in [2.75, 3.05) is 0 Å². The standard InChI is InChI=1S/C14H18F2/c1-2-3-4-5-6-7-9-12-10-8-11-13(15)14(12)16/h7-11H,2-6H2,1H3. The third-order valence-electron chi connectivity index (χ3n) is 2.50. The van der Waals surface area contributed by atoms with E-state index >= 15 is 0 Å². The molecule has 88 valence electrons. The average molecular weight is 224 g/mol. The van der Waals surface area contributed by atoms with E-state index < -0.39 is 11.6 Å². The third kappa shape index (κ3) is 4.13. The van der Waals surface area contributed by atoms with Crippen molar-refractivity contribution in [3.63, 3.8) is 0 Å². The first-order valence-electron chi connectivity index (χ1n) is 5.86. The summed E-state index contributed by atoms with van der Waals surface area (Å²) in [6.45, 7) is 2.16. The molecule has 1 aromatic rings. The van der Waals surface area contributed by atoms with Crippen molar-refractivity contribution >= 4 is 6.08 Å². The fourth-order valence-electron chi connectivity index (χ4n) is 1.55. The Balaban J connectivity index is 2.41. The molecule has 0 radical (unpaired) electrons. The van der Waals surface area contributed by atoms with Crippen molar-refractivity contribution < 1.29 is 8.78 Å². The minimum absolute atomic E-state index is 0.329. The van der Waals surface area contributed by atoms with Crippen LogP contribution in [0.25, 0.3) is 6.08 Å². The molecule has 0 saturated carbocycles. The smallest absolute Gasteiger partial charge is 0.166 e. The van der Waals surface area contributed by atoms with E-state index in [0.717, 1.165) is 18.9 Å². The maximum absolute atomic E-state index is 13.2. The number of hydrogen-bond acceptors (Lipinski definition) is 0. The van der Waals surface area contributed by atoms with Crippen molar-refractivity contribution in [3.05, 3.63) is 41.5 Å². The number of rotatable bonds is 6. The molecular weight excluding hydrogens is 206 g/mol. The average Bonchev–Trinajstić information content (AvgIpc) is 2.29. The maximum Gasteiger partial charge on any atom is 0.166 e. The fourth-order valence-corrected chi connectivity index (χ4v) is 1.55. The molecule has 0 aliphatic rings. The molecule has 2 heteroatoms. The molecular formula is C14H18F2. The molecule has 0 aromatic heterocycles. The van der Waals surface area contributed by atoms with Crippen LogP contribution in [-0.4, -0.2) is 0 Å². The highest BCUT2D eigenvalue weighted by Gasteiger charge is 2.03. The van der Waals surface area contributed by atoms with Gasteiger partial charge in [-0.05, 0) is 18.9 Å². The Morgan fingerprint density at radius 3 is 2.69 bits per heavy atom. The quantitative estimate of drug-likeness (QED) is 0.600. The van der Waals surface area contributed by atoms with E-state index in [1.807, 2.05) is 6.08 Å². The Morgan fingerprint density at radius 2 is 1.94 bits per heavy atom. The van der Waals surface area contributed by atoms with Gasteiger partial charge in [-0.25, -0.2) is 8.78 Å². The Bertz CT molecular complexity index is 343. The van der Waals surface area contributed by atoms with Gasteiger partial charge in [-0.3, -0.25) is 0 Å². The van der Waals surface area contributed by atoms with Gasteiger partial charge in [-0.2, -0.15) is 0 Å². The monoisotopic (exact) mass is 224 g/mol. The van der Waals surface area contributed by atoms with Gasteiger partial charge >= 0.3 is 0 Å². The van der Waals surface area contributed by atoms with Crippen LogP contribution in [0.4, 0.5) is 8.78 Å². The van der Waals surface area contributed by atoms with Gasteiger partial charge in [0.05, 0.1) is 0 Å². The van der Waals surface area contributed by atoms with Crippen LogP contribution in [0.1, 0.15) is 44.6 Å². The Hall–Kier alpha value is -1.18. The second-order valence-electron chi connectivity index (χ2n) is 3.89. The first-order chi connectivity index (χ1) is 7.75. The number of benzene rings is 1. The molecule has 0 nitrogen and oxygen atoms in total. The van der Waals surface area contributed by atoms with Gasteiger partial charge in [-0.15, -0.1) is 0 Å². The van der Waals surface area contributed by atoms with Crippen LogP contribution in [0.5, 0.6) is 0 Å². The van der Waals surface area contributed by atoms with Gasteiger partial charge in [-0.1, -0.05) is 50.5 Å². The highest BCUT2D eigenvalue weighted by Crippen LogP contribution is 2.13. The Kier molecular flexibility index (Phi) is 5.76. The second kappa shape index (κ2) is 7.15. The van der Waals surface area contributed by atoms with E-state index in [9.17, 15) is 8.78 Å². The minimum atomic E-state index is -0.784. The van der Waals surface area contributed by atoms with Gasteiger partial charge < -0.3 is 0 Å². The third-order valence-corrected chi connectivity index (χ3v) is 2.50. The molecule has 0 bridgehead atoms. The molecule has 1 aromatic carbocycles. The molecule has 0 unspecified atom stereocenters. The van der Waals surface area contributed by atoms with E-state index in [0.29, 0.717) is 5.56 Å². The summed E-state index contributed by atoms with van der Waals surface area (Å²) in [4.78, 5) is 0. The first-order valence-corrected chi connectivity index (χ1v) is 5.86. The largest absolute Gasteiger partial charge is 0.204 e. The Morgan fingerprint density at radius 1 is 1.12 bits per heavy atom. The summed E-state index contributed by atoms with van der Waals surface area (Å²) in [6, 6.07) is 4.24. The molecule has 0 N–H and O–H groups in total. The maximum atomic E-state index is 13.2. The van der Waals surface area contributed by atoms with Crippen LogP contribution in [-0.2, 0) is 0 Å². The summed E-state index contributed by atoms with van der Waals surface area (Å²) in [6.07, 6.45) is 9.26. The molecule has 0 atom stereocenters. The van der Waals surface area contributed by atoms with Crippen LogP contribution < -0.4 is 0 Å². The minimum Gasteiger partial charge on any atom is -0.204 e. The van der Waals surface area contributed by atoms with E-state index in [1.165, 1.54) is 25.3 Å². The predicted molar refractivity (Wildman–Crippen MR) is 64.2 cm³/mol. The zero-order valence-corrected chi connectivity index (χ0v) is 9.68. The molecule has 0 aliphatic carbocycles. The SMILES string of the molecule is CCCCCCC=Cc1cccc(F)c1F. The van der Waals surface area contributed by atoms with Gasteiger partial charge in [0.2, 0.25) is 0 Å². The van der Waals surface area contributed by atoms with Gasteiger partial charge in [0.15, 0.2) is 11.6 Å². The van der Waals surface area contributed by atoms with Crippen LogP contribution in [0.15, 0.2) is 24.3 Å². The van der Waals surface area contributed by atoms with Crippen molar-refractivity contribution in [2.24, 2.45) is 0 Å². The molecule has 0 spiro atoms. The first kappa shape index (κ1) is 12.9. The van der Waals surface area contributed by atoms with E-state index in [-0.39, 0.29) is 0 Å². The molecule has 0 aliphatic heterocycles. The zero-order chi connectivity index (χ0) is 11.8. The van der Waals surface area contributed by atoms with Crippen molar-refractivity contribution in [1.82, 2.24) is 0 Å². The number of halogens is 2. The summed E-state index contributed by atoms with van der Waals surface area (Å²) in [5.41, 5.74) is 0.329. The number of hydrogen-bond donors (Lipinski definition) is 0. The fraction of sp³-hybridized carbons (Fsp3) is 0.429. The lowest BCUT2D eigenvalue weighted by Gasteiger charge is -1.98. The van der Waals surface area contributed by atoms with Crippen LogP contribution in [0, 0.1) is 11.6 Å². The normalized spacial score (nSPS) is 11.2. The van der Waals surface area contributed by atoms with Gasteiger partial charge in [0, 0.05) is 5.56 Å². The van der Waals surface area contributed by atoms with Gasteiger partial charge in [0.25, 0.3) is 0 Å². The van der Waals surface area contributed by atoms with Crippen molar-refractivity contribution in [1.29, 1.82) is 0 Å². The summed E-state index contributed by atoms with van der Waals surface area (Å²) >= 11 is 0. The number of allylic oxidation sites excluding steroid dienone is 1. The lowest BCUT2D eigenvalue weighted by Crippen LogP contribution is -1.86. The summed E-state index contributed by atoms with van der Waals surface area (Å²) in [5, 5.41) is 0. The predicted octanol–water partition coefficient (Wildman–Crippen LogP) is 4.95. The lowest BCUT2D eigenvalue weighted by atomic mass is 10.1. The van der Waals surface area contributed by atoms with E-state index in [1.54, 1.807) is 12.1 Å². The van der Waals surface area contributed by atoms with Crippen molar-refractivity contribution in [3.8, 4) is 0 Å². The summed E-state index contributed by atoms with van der Waals surface area (Å²) in [7, 11) is 0. The molecule has 0 fully saturated rings. The van der Waals surface area contributed by atoms with Crippen LogP contribution in [0.2, 0.25) is 0 Å². The van der Waals surface area contributed by atoms with E-state index in [4.69, 9.17) is 0 Å². The Labute approximate surface area is 96.0 Å². The highest BCUT2D eigenvalue weighted by atomic mass is 19.2. The van der Waals surface area contributed by atoms with Crippen LogP contribution >= 0.6 is 0 Å². The molecule has 0 heterocycles. The number of unbranched alkanes of at least 4 members (excludes halogenated alkanes) is 4. The lowest BCUT2D eigenvalue weighted by molar-refractivity contribution is 0.507.